The van der Waals surface area contributed by atoms with E-state index in [-0.39, 0.29) is 24.0 Å². The first-order chi connectivity index (χ1) is 13.5. The topological polar surface area (TPSA) is 67.1 Å². The predicted octanol–water partition coefficient (Wildman–Crippen LogP) is 4.34. The third-order valence-electron chi connectivity index (χ3n) is 4.73. The summed E-state index contributed by atoms with van der Waals surface area (Å²) in [4.78, 5) is 10.7. The first kappa shape index (κ1) is 23.3. The molecule has 0 aliphatic heterocycles. The number of thiazole rings is 1. The minimum absolute atomic E-state index is 0. The number of hydrogen-bond donors (Lipinski definition) is 2. The van der Waals surface area contributed by atoms with Gasteiger partial charge in [-0.2, -0.15) is 5.10 Å². The van der Waals surface area contributed by atoms with Gasteiger partial charge in [-0.25, -0.2) is 9.98 Å². The highest BCUT2D eigenvalue weighted by Gasteiger charge is 2.11. The molecule has 3 aromatic rings. The molecule has 0 unspecified atom stereocenters. The molecule has 8 heteroatoms. The van der Waals surface area contributed by atoms with Gasteiger partial charge < -0.3 is 10.6 Å². The predicted molar refractivity (Wildman–Crippen MR) is 132 cm³/mol. The van der Waals surface area contributed by atoms with E-state index in [2.05, 4.69) is 48.6 Å². The van der Waals surface area contributed by atoms with Crippen LogP contribution in [0.2, 0.25) is 0 Å². The molecule has 1 aromatic carbocycles. The molecule has 0 aliphatic carbocycles. The summed E-state index contributed by atoms with van der Waals surface area (Å²) in [5, 5.41) is 12.3. The van der Waals surface area contributed by atoms with Crippen LogP contribution in [0.1, 0.15) is 34.4 Å². The zero-order valence-corrected chi connectivity index (χ0v) is 20.8. The molecule has 0 saturated carbocycles. The Hall–Kier alpha value is -1.94. The van der Waals surface area contributed by atoms with Gasteiger partial charge in [-0.05, 0) is 27.7 Å². The lowest BCUT2D eigenvalue weighted by Crippen LogP contribution is -2.36. The van der Waals surface area contributed by atoms with Crippen molar-refractivity contribution in [2.24, 2.45) is 12.0 Å². The van der Waals surface area contributed by atoms with Crippen LogP contribution in [0.5, 0.6) is 0 Å². The molecule has 2 heterocycles. The average Bonchev–Trinajstić information content (AvgIpc) is 3.18. The smallest absolute Gasteiger partial charge is 0.191 e. The first-order valence-corrected chi connectivity index (χ1v) is 10.3. The van der Waals surface area contributed by atoms with E-state index < -0.39 is 0 Å². The van der Waals surface area contributed by atoms with E-state index in [1.54, 1.807) is 11.3 Å². The van der Waals surface area contributed by atoms with Gasteiger partial charge >= 0.3 is 0 Å². The molecule has 0 radical (unpaired) electrons. The van der Waals surface area contributed by atoms with Gasteiger partial charge in [-0.15, -0.1) is 35.3 Å². The number of aliphatic imine (C=N–C) groups is 1. The zero-order chi connectivity index (χ0) is 20.1. The maximum Gasteiger partial charge on any atom is 0.191 e. The van der Waals surface area contributed by atoms with Crippen LogP contribution in [0.15, 0.2) is 35.3 Å². The number of aryl methyl sites for hydroxylation is 3. The van der Waals surface area contributed by atoms with Crippen molar-refractivity contribution < 1.29 is 0 Å². The van der Waals surface area contributed by atoms with Crippen molar-refractivity contribution in [2.45, 2.75) is 40.8 Å². The molecule has 0 atom stereocenters. The fourth-order valence-corrected chi connectivity index (χ4v) is 4.01. The monoisotopic (exact) mass is 524 g/mol. The summed E-state index contributed by atoms with van der Waals surface area (Å²) in [6, 6.07) is 10.3. The van der Waals surface area contributed by atoms with Gasteiger partial charge in [0.25, 0.3) is 0 Å². The Morgan fingerprint density at radius 3 is 2.45 bits per heavy atom. The van der Waals surface area contributed by atoms with Gasteiger partial charge in [0.05, 0.1) is 24.5 Å². The quantitative estimate of drug-likeness (QED) is 0.286. The number of guanidine groups is 1. The van der Waals surface area contributed by atoms with Crippen molar-refractivity contribution in [3.63, 3.8) is 0 Å². The Morgan fingerprint density at radius 1 is 1.10 bits per heavy atom. The van der Waals surface area contributed by atoms with E-state index in [0.717, 1.165) is 40.2 Å². The molecule has 0 amide bonds. The highest BCUT2D eigenvalue weighted by atomic mass is 127. The van der Waals surface area contributed by atoms with Crippen molar-refractivity contribution in [1.29, 1.82) is 0 Å². The van der Waals surface area contributed by atoms with Crippen molar-refractivity contribution in [3.05, 3.63) is 57.9 Å². The fourth-order valence-electron chi connectivity index (χ4n) is 3.01. The van der Waals surface area contributed by atoms with Crippen molar-refractivity contribution in [1.82, 2.24) is 25.4 Å². The zero-order valence-electron chi connectivity index (χ0n) is 17.6. The lowest BCUT2D eigenvalue weighted by atomic mass is 10.2. The molecule has 0 fully saturated rings. The second kappa shape index (κ2) is 10.7. The van der Waals surface area contributed by atoms with Crippen molar-refractivity contribution >= 4 is 41.3 Å². The summed E-state index contributed by atoms with van der Waals surface area (Å²) in [6.45, 7) is 10.4. The Bertz CT molecular complexity index is 961. The summed E-state index contributed by atoms with van der Waals surface area (Å²) < 4.78 is 1.91. The molecule has 0 aliphatic rings. The molecule has 156 valence electrons. The number of nitrogens with zero attached hydrogens (tertiary/aromatic N) is 4. The van der Waals surface area contributed by atoms with E-state index in [4.69, 9.17) is 9.98 Å². The molecule has 2 aromatic heterocycles. The lowest BCUT2D eigenvalue weighted by molar-refractivity contribution is 0.730. The Kier molecular flexibility index (Phi) is 8.63. The molecule has 6 nitrogen and oxygen atoms in total. The number of hydrogen-bond acceptors (Lipinski definition) is 4. The van der Waals surface area contributed by atoms with Gasteiger partial charge in [0.2, 0.25) is 0 Å². The van der Waals surface area contributed by atoms with E-state index in [9.17, 15) is 0 Å². The summed E-state index contributed by atoms with van der Waals surface area (Å²) >= 11 is 1.73. The van der Waals surface area contributed by atoms with Gasteiger partial charge in [-0.3, -0.25) is 4.68 Å². The second-order valence-corrected chi connectivity index (χ2v) is 7.80. The summed E-state index contributed by atoms with van der Waals surface area (Å²) in [5.74, 6) is 0.805. The highest BCUT2D eigenvalue weighted by molar-refractivity contribution is 14.0. The number of aromatic nitrogens is 3. The summed E-state index contributed by atoms with van der Waals surface area (Å²) in [6.07, 6.45) is 0. The second-order valence-electron chi connectivity index (χ2n) is 6.72. The van der Waals surface area contributed by atoms with Gasteiger partial charge in [0, 0.05) is 35.3 Å². The molecule has 0 bridgehead atoms. The minimum Gasteiger partial charge on any atom is -0.357 e. The van der Waals surface area contributed by atoms with Crippen LogP contribution < -0.4 is 10.6 Å². The van der Waals surface area contributed by atoms with Crippen molar-refractivity contribution in [3.8, 4) is 10.6 Å². The molecular weight excluding hydrogens is 495 g/mol. The number of benzene rings is 1. The summed E-state index contributed by atoms with van der Waals surface area (Å²) in [5.41, 5.74) is 5.59. The molecule has 0 saturated heterocycles. The molecule has 29 heavy (non-hydrogen) atoms. The van der Waals surface area contributed by atoms with Crippen LogP contribution in [0, 0.1) is 20.8 Å². The van der Waals surface area contributed by atoms with E-state index in [0.29, 0.717) is 13.1 Å². The van der Waals surface area contributed by atoms with Crippen LogP contribution in [0.4, 0.5) is 0 Å². The number of rotatable bonds is 6. The Morgan fingerprint density at radius 2 is 1.83 bits per heavy atom. The largest absolute Gasteiger partial charge is 0.357 e. The number of halogens is 1. The summed E-state index contributed by atoms with van der Waals surface area (Å²) in [7, 11) is 1.97. The standard InChI is InChI=1S/C21H28N6S.HI/c1-6-22-21(23-12-18-14(2)26-27(5)16(18)4)24-13-19-15(3)25-20(28-19)17-10-8-7-9-11-17;/h7-11H,6,12-13H2,1-5H3,(H2,22,23,24);1H. The van der Waals surface area contributed by atoms with E-state index in [1.807, 2.05) is 36.9 Å². The third kappa shape index (κ3) is 5.79. The van der Waals surface area contributed by atoms with Gasteiger partial charge in [-0.1, -0.05) is 30.3 Å². The maximum atomic E-state index is 4.75. The molecule has 0 spiro atoms. The van der Waals surface area contributed by atoms with Crippen molar-refractivity contribution in [2.75, 3.05) is 6.54 Å². The van der Waals surface area contributed by atoms with Gasteiger partial charge in [0.1, 0.15) is 5.01 Å². The van der Waals surface area contributed by atoms with Crippen LogP contribution >= 0.6 is 35.3 Å². The maximum absolute atomic E-state index is 4.75. The van der Waals surface area contributed by atoms with Gasteiger partial charge in [0.15, 0.2) is 5.96 Å². The number of nitrogens with one attached hydrogen (secondary N) is 2. The van der Waals surface area contributed by atoms with E-state index >= 15 is 0 Å². The van der Waals surface area contributed by atoms with E-state index in [1.165, 1.54) is 10.4 Å². The highest BCUT2D eigenvalue weighted by Crippen LogP contribution is 2.27. The first-order valence-electron chi connectivity index (χ1n) is 9.52. The van der Waals surface area contributed by atoms with Crippen LogP contribution in [-0.2, 0) is 20.1 Å². The minimum atomic E-state index is 0. The fraction of sp³-hybridized carbons (Fsp3) is 0.381. The SMILES string of the molecule is CCNC(=NCc1c(C)nn(C)c1C)NCc1sc(-c2ccccc2)nc1C.I. The molecular formula is C21H29IN6S. The Labute approximate surface area is 193 Å². The van der Waals surface area contributed by atoms with Crippen LogP contribution in [0.3, 0.4) is 0 Å². The normalized spacial score (nSPS) is 11.3. The molecule has 3 rings (SSSR count). The lowest BCUT2D eigenvalue weighted by Gasteiger charge is -2.11. The van der Waals surface area contributed by atoms with Crippen LogP contribution in [-0.4, -0.2) is 27.3 Å². The Balaban J connectivity index is 0.00000300. The molecule has 2 N–H and O–H groups in total. The van der Waals surface area contributed by atoms with Crippen LogP contribution in [0.25, 0.3) is 10.6 Å². The average molecular weight is 524 g/mol. The third-order valence-corrected chi connectivity index (χ3v) is 5.93.